The van der Waals surface area contributed by atoms with Gasteiger partial charge in [-0.25, -0.2) is 9.37 Å². The summed E-state index contributed by atoms with van der Waals surface area (Å²) in [5.41, 5.74) is 2.27. The Labute approximate surface area is 170 Å². The summed E-state index contributed by atoms with van der Waals surface area (Å²) in [7, 11) is 5.50. The number of halogens is 1. The largest absolute Gasteiger partial charge is 0.375 e. The number of guanidine groups is 1. The lowest BCUT2D eigenvalue weighted by molar-refractivity contribution is 0.119. The van der Waals surface area contributed by atoms with Gasteiger partial charge in [-0.15, -0.1) is 11.3 Å². The molecule has 7 heteroatoms. The molecule has 28 heavy (non-hydrogen) atoms. The third-order valence-corrected chi connectivity index (χ3v) is 6.65. The first kappa shape index (κ1) is 20.7. The van der Waals surface area contributed by atoms with Gasteiger partial charge < -0.3 is 15.0 Å². The zero-order valence-corrected chi connectivity index (χ0v) is 17.9. The van der Waals surface area contributed by atoms with E-state index in [9.17, 15) is 4.39 Å². The van der Waals surface area contributed by atoms with Gasteiger partial charge in [0.25, 0.3) is 0 Å². The number of nitrogens with zero attached hydrogens (tertiary/aromatic N) is 3. The van der Waals surface area contributed by atoms with Crippen LogP contribution in [0, 0.1) is 5.82 Å². The van der Waals surface area contributed by atoms with Crippen molar-refractivity contribution in [3.05, 3.63) is 51.7 Å². The molecule has 1 aromatic carbocycles. The normalized spacial score (nSPS) is 17.1. The average molecular weight is 405 g/mol. The standard InChI is InChI=1S/C21H29FN4OS/c1-15(27-4)19-25-18(13-28-19)12-26(3)20(23-2)24-14-21(10-5-11-21)16-6-8-17(22)9-7-16/h6-9,13,15H,5,10-12,14H2,1-4H3,(H,23,24). The molecule has 1 aliphatic carbocycles. The number of hydrogen-bond donors (Lipinski definition) is 1. The number of aliphatic imine (C=N–C) groups is 1. The van der Waals surface area contributed by atoms with E-state index in [4.69, 9.17) is 4.74 Å². The predicted molar refractivity (Wildman–Crippen MR) is 112 cm³/mol. The van der Waals surface area contributed by atoms with Crippen LogP contribution >= 0.6 is 11.3 Å². The maximum absolute atomic E-state index is 13.3. The molecule has 5 nitrogen and oxygen atoms in total. The van der Waals surface area contributed by atoms with Gasteiger partial charge in [0.1, 0.15) is 16.9 Å². The number of methoxy groups -OCH3 is 1. The summed E-state index contributed by atoms with van der Waals surface area (Å²) < 4.78 is 18.6. The fourth-order valence-electron chi connectivity index (χ4n) is 3.61. The Hall–Kier alpha value is -1.99. The maximum atomic E-state index is 13.3. The highest BCUT2D eigenvalue weighted by molar-refractivity contribution is 7.09. The van der Waals surface area contributed by atoms with Crippen molar-refractivity contribution in [3.63, 3.8) is 0 Å². The summed E-state index contributed by atoms with van der Waals surface area (Å²) in [6.07, 6.45) is 3.43. The number of rotatable bonds is 7. The lowest BCUT2D eigenvalue weighted by Gasteiger charge is -2.43. The van der Waals surface area contributed by atoms with Crippen molar-refractivity contribution in [2.75, 3.05) is 27.7 Å². The van der Waals surface area contributed by atoms with Crippen molar-refractivity contribution in [1.29, 1.82) is 0 Å². The highest BCUT2D eigenvalue weighted by Gasteiger charge is 2.38. The van der Waals surface area contributed by atoms with E-state index in [0.717, 1.165) is 36.0 Å². The first-order valence-electron chi connectivity index (χ1n) is 9.62. The second-order valence-electron chi connectivity index (χ2n) is 7.45. The van der Waals surface area contributed by atoms with Crippen molar-refractivity contribution in [1.82, 2.24) is 15.2 Å². The van der Waals surface area contributed by atoms with Crippen LogP contribution in [0.5, 0.6) is 0 Å². The van der Waals surface area contributed by atoms with E-state index >= 15 is 0 Å². The summed E-state index contributed by atoms with van der Waals surface area (Å²) in [4.78, 5) is 11.2. The van der Waals surface area contributed by atoms with Crippen LogP contribution in [0.15, 0.2) is 34.6 Å². The van der Waals surface area contributed by atoms with Crippen molar-refractivity contribution in [2.45, 2.75) is 44.2 Å². The lowest BCUT2D eigenvalue weighted by atomic mass is 9.64. The summed E-state index contributed by atoms with van der Waals surface area (Å²) in [6, 6.07) is 6.93. The Bertz CT molecular complexity index is 801. The van der Waals surface area contributed by atoms with Crippen LogP contribution in [0.25, 0.3) is 0 Å². The molecule has 1 saturated carbocycles. The van der Waals surface area contributed by atoms with Gasteiger partial charge in [0, 0.05) is 38.5 Å². The number of aromatic nitrogens is 1. The number of ether oxygens (including phenoxy) is 1. The Morgan fingerprint density at radius 2 is 2.11 bits per heavy atom. The van der Waals surface area contributed by atoms with Crippen LogP contribution in [0.1, 0.15) is 48.6 Å². The molecular weight excluding hydrogens is 375 g/mol. The van der Waals surface area contributed by atoms with Crippen LogP contribution < -0.4 is 5.32 Å². The van der Waals surface area contributed by atoms with Crippen molar-refractivity contribution in [2.24, 2.45) is 4.99 Å². The Morgan fingerprint density at radius 3 is 2.68 bits per heavy atom. The number of hydrogen-bond acceptors (Lipinski definition) is 4. The molecular formula is C21H29FN4OS. The zero-order chi connectivity index (χ0) is 20.1. The van der Waals surface area contributed by atoms with E-state index in [0.29, 0.717) is 6.54 Å². The molecule has 0 bridgehead atoms. The summed E-state index contributed by atoms with van der Waals surface area (Å²) in [5.74, 6) is 0.648. The van der Waals surface area contributed by atoms with Crippen molar-refractivity contribution < 1.29 is 9.13 Å². The van der Waals surface area contributed by atoms with Gasteiger partial charge in [0.05, 0.1) is 12.2 Å². The highest BCUT2D eigenvalue weighted by atomic mass is 32.1. The van der Waals surface area contributed by atoms with Gasteiger partial charge in [-0.05, 0) is 37.5 Å². The van der Waals surface area contributed by atoms with Crippen LogP contribution in [-0.4, -0.2) is 43.6 Å². The van der Waals surface area contributed by atoms with E-state index in [2.05, 4.69) is 25.6 Å². The Morgan fingerprint density at radius 1 is 1.39 bits per heavy atom. The van der Waals surface area contributed by atoms with E-state index in [1.54, 1.807) is 37.6 Å². The summed E-state index contributed by atoms with van der Waals surface area (Å²) >= 11 is 1.62. The summed E-state index contributed by atoms with van der Waals surface area (Å²) in [5, 5.41) is 6.57. The van der Waals surface area contributed by atoms with E-state index in [1.165, 1.54) is 12.0 Å². The third-order valence-electron chi connectivity index (χ3n) is 5.60. The molecule has 0 spiro atoms. The smallest absolute Gasteiger partial charge is 0.193 e. The number of benzene rings is 1. The van der Waals surface area contributed by atoms with Crippen molar-refractivity contribution >= 4 is 17.3 Å². The molecule has 1 unspecified atom stereocenters. The molecule has 0 aliphatic heterocycles. The van der Waals surface area contributed by atoms with Gasteiger partial charge in [-0.2, -0.15) is 0 Å². The topological polar surface area (TPSA) is 49.8 Å². The first-order valence-corrected chi connectivity index (χ1v) is 10.5. The fourth-order valence-corrected chi connectivity index (χ4v) is 4.45. The second kappa shape index (κ2) is 9.01. The third kappa shape index (κ3) is 4.52. The average Bonchev–Trinajstić information content (AvgIpc) is 3.12. The maximum Gasteiger partial charge on any atom is 0.193 e. The van der Waals surface area contributed by atoms with E-state index in [1.807, 2.05) is 26.1 Å². The molecule has 1 atom stereocenters. The van der Waals surface area contributed by atoms with Gasteiger partial charge >= 0.3 is 0 Å². The van der Waals surface area contributed by atoms with E-state index in [-0.39, 0.29) is 17.3 Å². The Kier molecular flexibility index (Phi) is 6.67. The van der Waals surface area contributed by atoms with Crippen LogP contribution in [-0.2, 0) is 16.7 Å². The highest BCUT2D eigenvalue weighted by Crippen LogP contribution is 2.43. The molecule has 0 radical (unpaired) electrons. The molecule has 1 fully saturated rings. The fraction of sp³-hybridized carbons (Fsp3) is 0.524. The minimum Gasteiger partial charge on any atom is -0.375 e. The second-order valence-corrected chi connectivity index (χ2v) is 8.34. The van der Waals surface area contributed by atoms with Crippen LogP contribution in [0.2, 0.25) is 0 Å². The number of nitrogens with one attached hydrogen (secondary N) is 1. The molecule has 1 N–H and O–H groups in total. The van der Waals surface area contributed by atoms with Crippen molar-refractivity contribution in [3.8, 4) is 0 Å². The minimum absolute atomic E-state index is 0.00989. The molecule has 1 aromatic heterocycles. The monoisotopic (exact) mass is 404 g/mol. The predicted octanol–water partition coefficient (Wildman–Crippen LogP) is 4.12. The molecule has 0 saturated heterocycles. The molecule has 1 heterocycles. The lowest BCUT2D eigenvalue weighted by Crippen LogP contribution is -2.49. The van der Waals surface area contributed by atoms with Gasteiger partial charge in [-0.1, -0.05) is 18.6 Å². The molecule has 3 rings (SSSR count). The minimum atomic E-state index is -0.188. The molecule has 152 valence electrons. The number of thiazole rings is 1. The zero-order valence-electron chi connectivity index (χ0n) is 17.0. The van der Waals surface area contributed by atoms with E-state index < -0.39 is 0 Å². The van der Waals surface area contributed by atoms with Gasteiger partial charge in [0.2, 0.25) is 0 Å². The quantitative estimate of drug-likeness (QED) is 0.557. The van der Waals surface area contributed by atoms with Crippen LogP contribution in [0.3, 0.4) is 0 Å². The SMILES string of the molecule is CN=C(NCC1(c2ccc(F)cc2)CCC1)N(C)Cc1csc(C(C)OC)n1. The summed E-state index contributed by atoms with van der Waals surface area (Å²) in [6.45, 7) is 3.47. The molecule has 0 amide bonds. The molecule has 2 aromatic rings. The first-order chi connectivity index (χ1) is 13.5. The van der Waals surface area contributed by atoms with Gasteiger partial charge in [-0.3, -0.25) is 4.99 Å². The van der Waals surface area contributed by atoms with Crippen LogP contribution in [0.4, 0.5) is 4.39 Å². The molecule has 1 aliphatic rings. The Balaban J connectivity index is 1.62. The van der Waals surface area contributed by atoms with Gasteiger partial charge in [0.15, 0.2) is 5.96 Å².